The number of rotatable bonds is 6. The van der Waals surface area contributed by atoms with E-state index < -0.39 is 0 Å². The summed E-state index contributed by atoms with van der Waals surface area (Å²) in [6.45, 7) is 6.44. The van der Waals surface area contributed by atoms with Gasteiger partial charge in [-0.1, -0.05) is 39.0 Å². The Labute approximate surface area is 132 Å². The highest BCUT2D eigenvalue weighted by Gasteiger charge is 2.36. The molecule has 0 aromatic heterocycles. The number of nitrogens with one attached hydrogen (secondary N) is 1. The fourth-order valence-corrected chi connectivity index (χ4v) is 4.68. The lowest BCUT2D eigenvalue weighted by molar-refractivity contribution is 0.0666. The molecule has 0 radical (unpaired) electrons. The van der Waals surface area contributed by atoms with Crippen molar-refractivity contribution in [2.75, 3.05) is 19.6 Å². The van der Waals surface area contributed by atoms with Crippen molar-refractivity contribution in [3.05, 3.63) is 0 Å². The largest absolute Gasteiger partial charge is 0.313 e. The molecule has 0 aromatic rings. The van der Waals surface area contributed by atoms with E-state index in [2.05, 4.69) is 17.1 Å². The van der Waals surface area contributed by atoms with Gasteiger partial charge in [0.2, 0.25) is 0 Å². The maximum absolute atomic E-state index is 3.89. The summed E-state index contributed by atoms with van der Waals surface area (Å²) in [6, 6.07) is 1.74. The Balaban J connectivity index is 1.64. The molecular weight excluding hydrogens is 256 g/mol. The molecule has 1 N–H and O–H groups in total. The molecule has 1 heterocycles. The van der Waals surface area contributed by atoms with Gasteiger partial charge in [-0.2, -0.15) is 0 Å². The molecule has 122 valence electrons. The van der Waals surface area contributed by atoms with Crippen molar-refractivity contribution in [2.45, 2.75) is 96.1 Å². The third kappa shape index (κ3) is 4.45. The molecule has 2 saturated carbocycles. The smallest absolute Gasteiger partial charge is 0.00928 e. The number of hydrogen-bond donors (Lipinski definition) is 1. The number of hydrogen-bond acceptors (Lipinski definition) is 2. The first kappa shape index (κ1) is 15.8. The maximum atomic E-state index is 3.89. The van der Waals surface area contributed by atoms with Gasteiger partial charge < -0.3 is 5.32 Å². The zero-order valence-electron chi connectivity index (χ0n) is 14.2. The summed E-state index contributed by atoms with van der Waals surface area (Å²) in [7, 11) is 0. The van der Waals surface area contributed by atoms with E-state index in [1.807, 2.05) is 0 Å². The van der Waals surface area contributed by atoms with E-state index in [9.17, 15) is 0 Å². The van der Waals surface area contributed by atoms with E-state index in [0.717, 1.165) is 12.1 Å². The number of likely N-dealkylation sites (tertiary alicyclic amines) is 1. The molecule has 0 spiro atoms. The van der Waals surface area contributed by atoms with Crippen molar-refractivity contribution in [1.82, 2.24) is 10.2 Å². The summed E-state index contributed by atoms with van der Waals surface area (Å²) < 4.78 is 0. The van der Waals surface area contributed by atoms with Gasteiger partial charge in [0.25, 0.3) is 0 Å². The van der Waals surface area contributed by atoms with Crippen molar-refractivity contribution >= 4 is 0 Å². The quantitative estimate of drug-likeness (QED) is 0.732. The average Bonchev–Trinajstić information content (AvgIpc) is 3.34. The number of piperidine rings is 1. The van der Waals surface area contributed by atoms with E-state index in [0.29, 0.717) is 5.41 Å². The lowest BCUT2D eigenvalue weighted by Gasteiger charge is -2.43. The molecule has 1 unspecified atom stereocenters. The van der Waals surface area contributed by atoms with Gasteiger partial charge in [0.1, 0.15) is 0 Å². The van der Waals surface area contributed by atoms with Gasteiger partial charge in [-0.3, -0.25) is 4.90 Å². The molecule has 3 rings (SSSR count). The van der Waals surface area contributed by atoms with Gasteiger partial charge >= 0.3 is 0 Å². The summed E-state index contributed by atoms with van der Waals surface area (Å²) in [4.78, 5) is 2.88. The van der Waals surface area contributed by atoms with E-state index in [1.165, 1.54) is 96.7 Å². The molecular formula is C19H36N2. The van der Waals surface area contributed by atoms with Crippen LogP contribution in [0.25, 0.3) is 0 Å². The molecule has 2 aliphatic carbocycles. The standard InChI is InChI=1S/C19H36N2/c1-2-18-9-5-8-14-21(18)16-19(15-20-17-10-11-17)12-6-3-4-7-13-19/h17-18,20H,2-16H2,1H3. The molecule has 0 aromatic carbocycles. The van der Waals surface area contributed by atoms with Gasteiger partial charge in [0, 0.05) is 25.2 Å². The second kappa shape index (κ2) is 7.46. The molecule has 2 heteroatoms. The van der Waals surface area contributed by atoms with E-state index >= 15 is 0 Å². The Hall–Kier alpha value is -0.0800. The normalized spacial score (nSPS) is 31.0. The Morgan fingerprint density at radius 2 is 1.71 bits per heavy atom. The van der Waals surface area contributed by atoms with Crippen molar-refractivity contribution in [1.29, 1.82) is 0 Å². The third-order valence-electron chi connectivity index (χ3n) is 6.27. The third-order valence-corrected chi connectivity index (χ3v) is 6.27. The first-order valence-corrected chi connectivity index (χ1v) is 9.79. The van der Waals surface area contributed by atoms with Crippen LogP contribution in [0.3, 0.4) is 0 Å². The molecule has 0 amide bonds. The molecule has 3 fully saturated rings. The second-order valence-corrected chi connectivity index (χ2v) is 8.10. The minimum Gasteiger partial charge on any atom is -0.313 e. The van der Waals surface area contributed by atoms with Gasteiger partial charge in [-0.05, 0) is 56.9 Å². The zero-order chi connectivity index (χ0) is 14.5. The van der Waals surface area contributed by atoms with Gasteiger partial charge in [0.15, 0.2) is 0 Å². The summed E-state index contributed by atoms with van der Waals surface area (Å²) in [5.74, 6) is 0. The van der Waals surface area contributed by atoms with E-state index in [4.69, 9.17) is 0 Å². The molecule has 1 saturated heterocycles. The predicted molar refractivity (Wildman–Crippen MR) is 90.7 cm³/mol. The van der Waals surface area contributed by atoms with Crippen LogP contribution in [-0.4, -0.2) is 36.6 Å². The Morgan fingerprint density at radius 1 is 0.952 bits per heavy atom. The summed E-state index contributed by atoms with van der Waals surface area (Å²) >= 11 is 0. The number of nitrogens with zero attached hydrogens (tertiary/aromatic N) is 1. The monoisotopic (exact) mass is 292 g/mol. The molecule has 21 heavy (non-hydrogen) atoms. The first-order chi connectivity index (χ1) is 10.3. The van der Waals surface area contributed by atoms with Gasteiger partial charge in [-0.15, -0.1) is 0 Å². The summed E-state index contributed by atoms with van der Waals surface area (Å²) in [5, 5.41) is 3.89. The maximum Gasteiger partial charge on any atom is 0.00928 e. The topological polar surface area (TPSA) is 15.3 Å². The van der Waals surface area contributed by atoms with Gasteiger partial charge in [0.05, 0.1) is 0 Å². The Morgan fingerprint density at radius 3 is 2.38 bits per heavy atom. The minimum atomic E-state index is 0.587. The fourth-order valence-electron chi connectivity index (χ4n) is 4.68. The predicted octanol–water partition coefficient (Wildman–Crippen LogP) is 4.34. The fraction of sp³-hybridized carbons (Fsp3) is 1.00. The minimum absolute atomic E-state index is 0.587. The molecule has 1 aliphatic heterocycles. The van der Waals surface area contributed by atoms with Gasteiger partial charge in [-0.25, -0.2) is 0 Å². The van der Waals surface area contributed by atoms with Crippen LogP contribution in [0.5, 0.6) is 0 Å². The second-order valence-electron chi connectivity index (χ2n) is 8.10. The van der Waals surface area contributed by atoms with Crippen LogP contribution < -0.4 is 5.32 Å². The van der Waals surface area contributed by atoms with Crippen LogP contribution in [0.1, 0.15) is 84.0 Å². The highest BCUT2D eigenvalue weighted by molar-refractivity contribution is 4.92. The zero-order valence-corrected chi connectivity index (χ0v) is 14.2. The lowest BCUT2D eigenvalue weighted by atomic mass is 9.78. The summed E-state index contributed by atoms with van der Waals surface area (Å²) in [5.41, 5.74) is 0.587. The molecule has 0 bridgehead atoms. The van der Waals surface area contributed by atoms with Crippen LogP contribution in [-0.2, 0) is 0 Å². The highest BCUT2D eigenvalue weighted by Crippen LogP contribution is 2.38. The van der Waals surface area contributed by atoms with Crippen molar-refractivity contribution in [3.8, 4) is 0 Å². The van der Waals surface area contributed by atoms with Crippen LogP contribution in [0.4, 0.5) is 0 Å². The first-order valence-electron chi connectivity index (χ1n) is 9.79. The van der Waals surface area contributed by atoms with Crippen molar-refractivity contribution in [2.24, 2.45) is 5.41 Å². The Kier molecular flexibility index (Phi) is 5.61. The van der Waals surface area contributed by atoms with Crippen LogP contribution in [0.15, 0.2) is 0 Å². The Bertz CT molecular complexity index is 303. The summed E-state index contributed by atoms with van der Waals surface area (Å²) in [6.07, 6.45) is 17.4. The van der Waals surface area contributed by atoms with E-state index in [-0.39, 0.29) is 0 Å². The van der Waals surface area contributed by atoms with Crippen molar-refractivity contribution < 1.29 is 0 Å². The van der Waals surface area contributed by atoms with Crippen LogP contribution in [0, 0.1) is 5.41 Å². The van der Waals surface area contributed by atoms with Crippen LogP contribution in [0.2, 0.25) is 0 Å². The molecule has 1 atom stereocenters. The molecule has 3 aliphatic rings. The van der Waals surface area contributed by atoms with E-state index in [1.54, 1.807) is 0 Å². The SMILES string of the molecule is CCC1CCCCN1CC1(CNC2CC2)CCCCCC1. The van der Waals surface area contributed by atoms with Crippen LogP contribution >= 0.6 is 0 Å². The highest BCUT2D eigenvalue weighted by atomic mass is 15.2. The average molecular weight is 293 g/mol. The lowest BCUT2D eigenvalue weighted by Crippen LogP contribution is -2.49. The van der Waals surface area contributed by atoms with Crippen molar-refractivity contribution in [3.63, 3.8) is 0 Å². The molecule has 2 nitrogen and oxygen atoms in total.